The van der Waals surface area contributed by atoms with Crippen LogP contribution in [-0.2, 0) is 19.1 Å². The highest BCUT2D eigenvalue weighted by molar-refractivity contribution is 6.02. The lowest BCUT2D eigenvalue weighted by Gasteiger charge is -2.25. The van der Waals surface area contributed by atoms with Gasteiger partial charge in [0, 0.05) is 23.4 Å². The van der Waals surface area contributed by atoms with E-state index in [1.165, 1.54) is 19.2 Å². The number of amides is 3. The summed E-state index contributed by atoms with van der Waals surface area (Å²) in [4.78, 5) is 68.1. The van der Waals surface area contributed by atoms with Crippen LogP contribution in [0.2, 0.25) is 0 Å². The maximum atomic E-state index is 13.6. The molecule has 0 radical (unpaired) electrons. The van der Waals surface area contributed by atoms with Crippen molar-refractivity contribution in [3.05, 3.63) is 65.4 Å². The second-order valence-electron chi connectivity index (χ2n) is 11.0. The van der Waals surface area contributed by atoms with Gasteiger partial charge in [-0.15, -0.1) is 0 Å². The van der Waals surface area contributed by atoms with Crippen LogP contribution in [0, 0.1) is 23.2 Å². The molecular formula is C32H35N5O7. The van der Waals surface area contributed by atoms with Crippen molar-refractivity contribution in [2.45, 2.75) is 45.2 Å². The molecule has 2 aromatic carbocycles. The zero-order valence-electron chi connectivity index (χ0n) is 24.8. The molecule has 4 N–H and O–H groups in total. The largest absolute Gasteiger partial charge is 0.496 e. The number of methoxy groups -OCH3 is 1. The van der Waals surface area contributed by atoms with Gasteiger partial charge in [0.2, 0.25) is 11.8 Å². The van der Waals surface area contributed by atoms with Gasteiger partial charge in [-0.2, -0.15) is 5.26 Å². The van der Waals surface area contributed by atoms with Gasteiger partial charge in [-0.1, -0.05) is 32.0 Å². The molecule has 1 aliphatic rings. The molecule has 0 saturated carbocycles. The fourth-order valence-electron chi connectivity index (χ4n) is 5.14. The molecule has 0 bridgehead atoms. The summed E-state index contributed by atoms with van der Waals surface area (Å²) in [6.45, 7) is 3.55. The molecule has 44 heavy (non-hydrogen) atoms. The number of nitrogens with zero attached hydrogens (tertiary/aromatic N) is 1. The van der Waals surface area contributed by atoms with Crippen LogP contribution in [0.1, 0.15) is 59.5 Å². The van der Waals surface area contributed by atoms with Crippen LogP contribution in [0.4, 0.5) is 0 Å². The van der Waals surface area contributed by atoms with Gasteiger partial charge in [-0.05, 0) is 55.5 Å². The normalized spacial score (nSPS) is 15.6. The van der Waals surface area contributed by atoms with E-state index < -0.39 is 48.2 Å². The molecule has 3 atom stereocenters. The Morgan fingerprint density at radius 1 is 1.07 bits per heavy atom. The second-order valence-corrected chi connectivity index (χ2v) is 11.0. The summed E-state index contributed by atoms with van der Waals surface area (Å²) >= 11 is 0. The van der Waals surface area contributed by atoms with Crippen LogP contribution >= 0.6 is 0 Å². The molecular weight excluding hydrogens is 566 g/mol. The van der Waals surface area contributed by atoms with Crippen molar-refractivity contribution < 1.29 is 33.4 Å². The molecule has 1 fully saturated rings. The molecule has 0 unspecified atom stereocenters. The predicted molar refractivity (Wildman–Crippen MR) is 160 cm³/mol. The zero-order valence-corrected chi connectivity index (χ0v) is 24.8. The Kier molecular flexibility index (Phi) is 10.3. The van der Waals surface area contributed by atoms with Gasteiger partial charge >= 0.3 is 5.97 Å². The quantitative estimate of drug-likeness (QED) is 0.216. The van der Waals surface area contributed by atoms with Gasteiger partial charge in [0.25, 0.3) is 5.91 Å². The topological polar surface area (TPSA) is 179 Å². The Morgan fingerprint density at radius 2 is 1.84 bits per heavy atom. The summed E-state index contributed by atoms with van der Waals surface area (Å²) in [5.74, 6) is -2.80. The van der Waals surface area contributed by atoms with Crippen molar-refractivity contribution in [3.63, 3.8) is 0 Å². The predicted octanol–water partition coefficient (Wildman–Crippen LogP) is 2.63. The summed E-state index contributed by atoms with van der Waals surface area (Å²) in [5, 5.41) is 18.2. The lowest BCUT2D eigenvalue weighted by molar-refractivity contribution is -0.131. The van der Waals surface area contributed by atoms with Crippen molar-refractivity contribution in [3.8, 4) is 11.8 Å². The minimum atomic E-state index is -1.17. The molecule has 4 rings (SSSR count). The number of aromatic amines is 1. The lowest BCUT2D eigenvalue weighted by Crippen LogP contribution is -2.53. The zero-order chi connectivity index (χ0) is 31.8. The monoisotopic (exact) mass is 601 g/mol. The highest BCUT2D eigenvalue weighted by atomic mass is 16.5. The second kappa shape index (κ2) is 14.3. The van der Waals surface area contributed by atoms with E-state index in [1.807, 2.05) is 19.9 Å². The molecule has 3 aromatic rings. The van der Waals surface area contributed by atoms with Crippen LogP contribution in [-0.4, -0.2) is 66.8 Å². The molecule has 12 heteroatoms. The Labute approximate surface area is 254 Å². The van der Waals surface area contributed by atoms with Crippen LogP contribution in [0.15, 0.2) is 48.5 Å². The minimum absolute atomic E-state index is 0.00442. The SMILES string of the molecule is COc1cccc2[nH]c(C(=O)N[C@H](CC(C)C)C(=O)N[C@H](C[C@H]3CCNC3=O)C(=O)COC(=O)c3ccccc3C#N)cc12. The number of Topliss-reactive ketones (excluding diaryl/α,β-unsaturated/α-hetero) is 1. The first-order chi connectivity index (χ1) is 21.1. The highest BCUT2D eigenvalue weighted by Crippen LogP contribution is 2.26. The third-order valence-corrected chi connectivity index (χ3v) is 7.42. The maximum Gasteiger partial charge on any atom is 0.339 e. The summed E-state index contributed by atoms with van der Waals surface area (Å²) in [5.41, 5.74) is 1.02. The van der Waals surface area contributed by atoms with Gasteiger partial charge in [0.1, 0.15) is 23.6 Å². The number of nitriles is 1. The van der Waals surface area contributed by atoms with E-state index in [2.05, 4.69) is 20.9 Å². The molecule has 2 heterocycles. The fourth-order valence-corrected chi connectivity index (χ4v) is 5.14. The summed E-state index contributed by atoms with van der Waals surface area (Å²) in [6.07, 6.45) is 0.739. The summed E-state index contributed by atoms with van der Waals surface area (Å²) < 4.78 is 10.6. The van der Waals surface area contributed by atoms with Gasteiger partial charge in [-0.3, -0.25) is 19.2 Å². The number of carbonyl (C=O) groups excluding carboxylic acids is 5. The summed E-state index contributed by atoms with van der Waals surface area (Å²) in [6, 6.07) is 12.8. The smallest absolute Gasteiger partial charge is 0.339 e. The van der Waals surface area contributed by atoms with E-state index in [0.29, 0.717) is 29.6 Å². The summed E-state index contributed by atoms with van der Waals surface area (Å²) in [7, 11) is 1.53. The Morgan fingerprint density at radius 3 is 2.52 bits per heavy atom. The number of fused-ring (bicyclic) bond motifs is 1. The Balaban J connectivity index is 1.49. The first-order valence-electron chi connectivity index (χ1n) is 14.3. The molecule has 12 nitrogen and oxygen atoms in total. The molecule has 230 valence electrons. The minimum Gasteiger partial charge on any atom is -0.496 e. The Bertz CT molecular complexity index is 1610. The first-order valence-corrected chi connectivity index (χ1v) is 14.3. The van der Waals surface area contributed by atoms with Crippen LogP contribution in [0.3, 0.4) is 0 Å². The van der Waals surface area contributed by atoms with Gasteiger partial charge in [-0.25, -0.2) is 4.79 Å². The van der Waals surface area contributed by atoms with Crippen LogP contribution < -0.4 is 20.7 Å². The maximum absolute atomic E-state index is 13.6. The molecule has 0 spiro atoms. The van der Waals surface area contributed by atoms with Crippen LogP contribution in [0.5, 0.6) is 5.75 Å². The number of rotatable bonds is 13. The van der Waals surface area contributed by atoms with Gasteiger partial charge in [0.05, 0.1) is 24.3 Å². The Hall–Kier alpha value is -5.18. The highest BCUT2D eigenvalue weighted by Gasteiger charge is 2.34. The molecule has 1 saturated heterocycles. The number of ether oxygens (including phenoxy) is 2. The van der Waals surface area contributed by atoms with E-state index in [-0.39, 0.29) is 41.5 Å². The van der Waals surface area contributed by atoms with Crippen molar-refractivity contribution >= 4 is 40.4 Å². The average Bonchev–Trinajstić information content (AvgIpc) is 3.64. The standard InChI is InChI=1S/C32H35N5O7/c1-18(2)13-25(37-31(41)26-15-22-23(35-26)9-6-10-28(22)43-3)30(40)36-24(14-19-11-12-34-29(19)39)27(38)17-44-32(42)21-8-5-4-7-20(21)16-33/h4-10,15,18-19,24-25,35H,11-14,17H2,1-3H3,(H,34,39)(H,36,40)(H,37,41)/t19-,24-,25-/m1/s1. The van der Waals surface area contributed by atoms with Gasteiger partial charge < -0.3 is 30.4 Å². The molecule has 0 aliphatic carbocycles. The van der Waals surface area contributed by atoms with E-state index in [1.54, 1.807) is 36.4 Å². The number of carbonyl (C=O) groups is 5. The van der Waals surface area contributed by atoms with Gasteiger partial charge in [0.15, 0.2) is 12.4 Å². The third kappa shape index (κ3) is 7.60. The van der Waals surface area contributed by atoms with Crippen molar-refractivity contribution in [1.29, 1.82) is 5.26 Å². The molecule has 1 aromatic heterocycles. The molecule has 3 amide bonds. The third-order valence-electron chi connectivity index (χ3n) is 7.42. The lowest BCUT2D eigenvalue weighted by atomic mass is 9.95. The van der Waals surface area contributed by atoms with Crippen molar-refractivity contribution in [1.82, 2.24) is 20.9 Å². The average molecular weight is 602 g/mol. The number of aromatic nitrogens is 1. The van der Waals surface area contributed by atoms with E-state index in [4.69, 9.17) is 9.47 Å². The van der Waals surface area contributed by atoms with E-state index in [9.17, 15) is 29.2 Å². The van der Waals surface area contributed by atoms with E-state index >= 15 is 0 Å². The van der Waals surface area contributed by atoms with Crippen molar-refractivity contribution in [2.24, 2.45) is 11.8 Å². The van der Waals surface area contributed by atoms with Crippen molar-refractivity contribution in [2.75, 3.05) is 20.3 Å². The number of H-pyrrole nitrogens is 1. The number of hydrogen-bond donors (Lipinski definition) is 4. The van der Waals surface area contributed by atoms with E-state index in [0.717, 1.165) is 0 Å². The first kappa shape index (κ1) is 31.7. The number of ketones is 1. The number of benzene rings is 2. The number of hydrogen-bond acceptors (Lipinski definition) is 8. The molecule has 1 aliphatic heterocycles. The number of nitrogens with one attached hydrogen (secondary N) is 4. The van der Waals surface area contributed by atoms with Crippen LogP contribution in [0.25, 0.3) is 10.9 Å². The number of esters is 1. The fraction of sp³-hybridized carbons (Fsp3) is 0.375.